The number of hydrogen-bond acceptors (Lipinski definition) is 4. The average Bonchev–Trinajstić information content (AvgIpc) is 3.28. The van der Waals surface area contributed by atoms with Crippen LogP contribution < -0.4 is 16.6 Å². The summed E-state index contributed by atoms with van der Waals surface area (Å²) >= 11 is 0. The largest absolute Gasteiger partial charge is 0.411 e. The van der Waals surface area contributed by atoms with Crippen molar-refractivity contribution in [2.24, 2.45) is 5.84 Å². The molecule has 0 aliphatic heterocycles. The number of carbonyl (C=O) groups is 1. The Labute approximate surface area is 126 Å². The summed E-state index contributed by atoms with van der Waals surface area (Å²) in [4.78, 5) is 15.2. The number of benzene rings is 1. The highest BCUT2D eigenvalue weighted by Crippen LogP contribution is 2.43. The van der Waals surface area contributed by atoms with Crippen LogP contribution >= 0.6 is 0 Å². The molecule has 0 atom stereocenters. The average molecular weight is 302 g/mol. The molecule has 114 valence electrons. The molecule has 1 saturated carbocycles. The van der Waals surface area contributed by atoms with Crippen molar-refractivity contribution >= 4 is 23.9 Å². The standard InChI is InChI=1S/C15H15FN4O2/c16-13-8-18-14(22-13)7-6-11-10(9-4-5-9)2-1-3-12(11)19-15(21)20-17/h1-3,6-9H,4-5,17H2,(H2,19,20,21)/b7-6+. The van der Waals surface area contributed by atoms with Gasteiger partial charge in [-0.25, -0.2) is 15.6 Å². The topological polar surface area (TPSA) is 93.2 Å². The summed E-state index contributed by atoms with van der Waals surface area (Å²) in [6, 6.07) is 4.42. The van der Waals surface area contributed by atoms with E-state index in [2.05, 4.69) is 10.3 Å². The molecule has 3 rings (SSSR count). The van der Waals surface area contributed by atoms with Crippen molar-refractivity contribution in [1.29, 1.82) is 0 Å². The predicted octanol–water partition coefficient (Wildman–Crippen LogP) is 2.86. The number of nitrogens with one attached hydrogen (secondary N) is 2. The maximum atomic E-state index is 12.8. The minimum absolute atomic E-state index is 0.164. The van der Waals surface area contributed by atoms with Gasteiger partial charge in [0.1, 0.15) is 6.20 Å². The van der Waals surface area contributed by atoms with Gasteiger partial charge in [-0.3, -0.25) is 5.43 Å². The number of carbonyl (C=O) groups excluding carboxylic acids is 1. The molecule has 2 aromatic rings. The summed E-state index contributed by atoms with van der Waals surface area (Å²) in [6.45, 7) is 0. The molecule has 1 aromatic heterocycles. The molecule has 1 fully saturated rings. The Morgan fingerprint density at radius 3 is 2.86 bits per heavy atom. The van der Waals surface area contributed by atoms with E-state index in [9.17, 15) is 9.18 Å². The van der Waals surface area contributed by atoms with Crippen molar-refractivity contribution < 1.29 is 13.6 Å². The van der Waals surface area contributed by atoms with Crippen molar-refractivity contribution in [3.8, 4) is 0 Å². The smallest absolute Gasteiger partial charge is 0.333 e. The van der Waals surface area contributed by atoms with Crippen molar-refractivity contribution in [3.63, 3.8) is 0 Å². The fraction of sp³-hybridized carbons (Fsp3) is 0.200. The lowest BCUT2D eigenvalue weighted by Gasteiger charge is -2.12. The van der Waals surface area contributed by atoms with Gasteiger partial charge >= 0.3 is 6.03 Å². The monoisotopic (exact) mass is 302 g/mol. The number of nitrogens with two attached hydrogens (primary N) is 1. The molecular weight excluding hydrogens is 287 g/mol. The second-order valence-corrected chi connectivity index (χ2v) is 5.02. The SMILES string of the molecule is NNC(=O)Nc1cccc(C2CC2)c1/C=C/c1ncc(F)o1. The van der Waals surface area contributed by atoms with Crippen LogP contribution in [0.2, 0.25) is 0 Å². The Balaban J connectivity index is 1.95. The third-order valence-corrected chi connectivity index (χ3v) is 3.42. The zero-order chi connectivity index (χ0) is 15.5. The lowest BCUT2D eigenvalue weighted by Crippen LogP contribution is -2.34. The van der Waals surface area contributed by atoms with Crippen LogP contribution in [0.1, 0.15) is 35.8 Å². The highest BCUT2D eigenvalue weighted by Gasteiger charge is 2.26. The number of oxazole rings is 1. The summed E-state index contributed by atoms with van der Waals surface area (Å²) in [5, 5.41) is 2.67. The number of halogens is 1. The van der Waals surface area contributed by atoms with Crippen molar-refractivity contribution in [1.82, 2.24) is 10.4 Å². The molecular formula is C15H15FN4O2. The first-order valence-corrected chi connectivity index (χ1v) is 6.87. The zero-order valence-electron chi connectivity index (χ0n) is 11.7. The Bertz CT molecular complexity index is 722. The van der Waals surface area contributed by atoms with Gasteiger partial charge in [-0.2, -0.15) is 4.39 Å². The number of urea groups is 1. The Morgan fingerprint density at radius 2 is 2.23 bits per heavy atom. The third kappa shape index (κ3) is 3.15. The maximum absolute atomic E-state index is 12.8. The van der Waals surface area contributed by atoms with E-state index in [1.807, 2.05) is 17.6 Å². The maximum Gasteiger partial charge on any atom is 0.333 e. The van der Waals surface area contributed by atoms with Crippen LogP contribution in [0.5, 0.6) is 0 Å². The van der Waals surface area contributed by atoms with Crippen molar-refractivity contribution in [2.45, 2.75) is 18.8 Å². The molecule has 22 heavy (non-hydrogen) atoms. The number of hydrazine groups is 1. The molecule has 0 unspecified atom stereocenters. The highest BCUT2D eigenvalue weighted by molar-refractivity contribution is 5.92. The van der Waals surface area contributed by atoms with E-state index < -0.39 is 12.0 Å². The van der Waals surface area contributed by atoms with E-state index in [-0.39, 0.29) is 5.89 Å². The van der Waals surface area contributed by atoms with E-state index in [0.717, 1.165) is 30.2 Å². The van der Waals surface area contributed by atoms with Gasteiger partial charge in [0, 0.05) is 17.3 Å². The first-order valence-electron chi connectivity index (χ1n) is 6.87. The molecule has 6 nitrogen and oxygen atoms in total. The van der Waals surface area contributed by atoms with Gasteiger partial charge < -0.3 is 9.73 Å². The van der Waals surface area contributed by atoms with Gasteiger partial charge in [-0.15, -0.1) is 0 Å². The zero-order valence-corrected chi connectivity index (χ0v) is 11.7. The number of rotatable bonds is 4. The second kappa shape index (κ2) is 5.98. The van der Waals surface area contributed by atoms with Crippen molar-refractivity contribution in [3.05, 3.63) is 47.4 Å². The number of aromatic nitrogens is 1. The molecule has 1 aromatic carbocycles. The number of anilines is 1. The molecule has 0 radical (unpaired) electrons. The molecule has 1 aliphatic rings. The summed E-state index contributed by atoms with van der Waals surface area (Å²) in [6.07, 6.45) is 6.55. The summed E-state index contributed by atoms with van der Waals surface area (Å²) in [5.41, 5.74) is 4.61. The normalized spacial score (nSPS) is 14.3. The van der Waals surface area contributed by atoms with Gasteiger partial charge in [-0.05, 0) is 36.5 Å². The Hall–Kier alpha value is -2.67. The van der Waals surface area contributed by atoms with Gasteiger partial charge in [0.15, 0.2) is 0 Å². The molecule has 1 aliphatic carbocycles. The highest BCUT2D eigenvalue weighted by atomic mass is 19.1. The van der Waals surface area contributed by atoms with Crippen LogP contribution in [-0.2, 0) is 0 Å². The van der Waals surface area contributed by atoms with Gasteiger partial charge in [0.25, 0.3) is 6.01 Å². The van der Waals surface area contributed by atoms with Crippen LogP contribution in [0.3, 0.4) is 0 Å². The molecule has 0 bridgehead atoms. The molecule has 2 amide bonds. The lowest BCUT2D eigenvalue weighted by molar-refractivity contribution is 0.252. The first-order chi connectivity index (χ1) is 10.7. The van der Waals surface area contributed by atoms with E-state index in [1.54, 1.807) is 18.2 Å². The fourth-order valence-corrected chi connectivity index (χ4v) is 2.29. The van der Waals surface area contributed by atoms with E-state index >= 15 is 0 Å². The number of amides is 2. The number of hydrogen-bond donors (Lipinski definition) is 3. The molecule has 1 heterocycles. The predicted molar refractivity (Wildman–Crippen MR) is 80.1 cm³/mol. The lowest BCUT2D eigenvalue weighted by atomic mass is 10.0. The first kappa shape index (κ1) is 14.3. The molecule has 7 heteroatoms. The molecule has 0 spiro atoms. The summed E-state index contributed by atoms with van der Waals surface area (Å²) in [7, 11) is 0. The number of nitrogens with zero attached hydrogens (tertiary/aromatic N) is 1. The summed E-state index contributed by atoms with van der Waals surface area (Å²) in [5.74, 6) is 5.74. The van der Waals surface area contributed by atoms with E-state index in [1.165, 1.54) is 0 Å². The van der Waals surface area contributed by atoms with E-state index in [4.69, 9.17) is 10.3 Å². The van der Waals surface area contributed by atoms with Crippen molar-refractivity contribution in [2.75, 3.05) is 5.32 Å². The van der Waals surface area contributed by atoms with Crippen LogP contribution in [0.4, 0.5) is 14.9 Å². The van der Waals surface area contributed by atoms with Gasteiger partial charge in [0.05, 0.1) is 0 Å². The second-order valence-electron chi connectivity index (χ2n) is 5.02. The quantitative estimate of drug-likeness (QED) is 0.460. The van der Waals surface area contributed by atoms with Crippen LogP contribution in [0.15, 0.2) is 28.8 Å². The van der Waals surface area contributed by atoms with Gasteiger partial charge in [-0.1, -0.05) is 12.1 Å². The minimum atomic E-state index is -0.740. The fourth-order valence-electron chi connectivity index (χ4n) is 2.29. The summed E-state index contributed by atoms with van der Waals surface area (Å²) < 4.78 is 17.6. The van der Waals surface area contributed by atoms with Gasteiger partial charge in [0.2, 0.25) is 5.89 Å². The third-order valence-electron chi connectivity index (χ3n) is 3.42. The van der Waals surface area contributed by atoms with Crippen LogP contribution in [0, 0.1) is 6.01 Å². The minimum Gasteiger partial charge on any atom is -0.411 e. The molecule has 4 N–H and O–H groups in total. The Morgan fingerprint density at radius 1 is 1.41 bits per heavy atom. The van der Waals surface area contributed by atoms with Crippen LogP contribution in [0.25, 0.3) is 12.2 Å². The Kier molecular flexibility index (Phi) is 3.88. The van der Waals surface area contributed by atoms with E-state index in [0.29, 0.717) is 11.6 Å². The molecule has 0 saturated heterocycles. The van der Waals surface area contributed by atoms with Crippen LogP contribution in [-0.4, -0.2) is 11.0 Å².